The number of hydrogen-bond acceptors (Lipinski definition) is 3. The lowest BCUT2D eigenvalue weighted by molar-refractivity contribution is 0.209. The number of methoxy groups -OCH3 is 1. The number of ether oxygens (including phenoxy) is 1. The Labute approximate surface area is 117 Å². The normalized spacial score (nSPS) is 12.5. The van der Waals surface area contributed by atoms with Crippen LogP contribution in [0, 0.1) is 0 Å². The first kappa shape index (κ1) is 13.9. The van der Waals surface area contributed by atoms with Crippen LogP contribution in [0.25, 0.3) is 0 Å². The summed E-state index contributed by atoms with van der Waals surface area (Å²) < 4.78 is 6.86. The molecule has 19 heavy (non-hydrogen) atoms. The maximum atomic E-state index is 10.4. The van der Waals surface area contributed by atoms with Gasteiger partial charge in [-0.2, -0.15) is 5.10 Å². The van der Waals surface area contributed by atoms with Gasteiger partial charge in [0.2, 0.25) is 0 Å². The average Bonchev–Trinajstić information content (AvgIpc) is 2.80. The highest BCUT2D eigenvalue weighted by atomic mass is 35.5. The van der Waals surface area contributed by atoms with E-state index in [2.05, 4.69) is 5.10 Å². The molecule has 0 bridgehead atoms. The molecule has 1 aromatic heterocycles. The van der Waals surface area contributed by atoms with Gasteiger partial charge in [0.25, 0.3) is 0 Å². The van der Waals surface area contributed by atoms with Crippen molar-refractivity contribution in [1.82, 2.24) is 9.78 Å². The Morgan fingerprint density at radius 2 is 2.16 bits per heavy atom. The molecule has 2 aromatic rings. The highest BCUT2D eigenvalue weighted by Gasteiger charge is 2.17. The fraction of sp³-hybridized carbons (Fsp3) is 0.357. The standard InChI is InChI=1S/C14H17ClN2O2/c1-4-10-8-12(17(2)16-10)14(18)9-5-6-11(15)13(7-9)19-3/h5-8,14,18H,4H2,1-3H3. The van der Waals surface area contributed by atoms with Crippen molar-refractivity contribution in [1.29, 1.82) is 0 Å². The fourth-order valence-electron chi connectivity index (χ4n) is 1.99. The van der Waals surface area contributed by atoms with Crippen molar-refractivity contribution in [2.45, 2.75) is 19.4 Å². The summed E-state index contributed by atoms with van der Waals surface area (Å²) in [6.07, 6.45) is 0.0915. The summed E-state index contributed by atoms with van der Waals surface area (Å²) in [4.78, 5) is 0. The predicted molar refractivity (Wildman–Crippen MR) is 74.7 cm³/mol. The molecule has 0 aliphatic heterocycles. The molecule has 0 spiro atoms. The van der Waals surface area contributed by atoms with E-state index in [0.29, 0.717) is 10.8 Å². The number of nitrogens with zero attached hydrogens (tertiary/aromatic N) is 2. The molecule has 1 N–H and O–H groups in total. The molecule has 2 rings (SSSR count). The maximum Gasteiger partial charge on any atom is 0.137 e. The molecule has 1 aromatic carbocycles. The summed E-state index contributed by atoms with van der Waals surface area (Å²) in [5.41, 5.74) is 2.44. The van der Waals surface area contributed by atoms with Crippen LogP contribution in [0.4, 0.5) is 0 Å². The summed E-state index contributed by atoms with van der Waals surface area (Å²) in [7, 11) is 3.38. The number of benzene rings is 1. The van der Waals surface area contributed by atoms with Gasteiger partial charge in [0.05, 0.1) is 23.5 Å². The minimum atomic E-state index is -0.746. The molecule has 0 radical (unpaired) electrons. The Balaban J connectivity index is 2.37. The third-order valence-electron chi connectivity index (χ3n) is 3.10. The number of hydrogen-bond donors (Lipinski definition) is 1. The second-order valence-electron chi connectivity index (χ2n) is 4.33. The van der Waals surface area contributed by atoms with Crippen LogP contribution in [-0.4, -0.2) is 22.0 Å². The monoisotopic (exact) mass is 280 g/mol. The van der Waals surface area contributed by atoms with Crippen LogP contribution in [0.2, 0.25) is 5.02 Å². The zero-order valence-corrected chi connectivity index (χ0v) is 12.0. The fourth-order valence-corrected chi connectivity index (χ4v) is 2.18. The molecule has 102 valence electrons. The Bertz CT molecular complexity index is 581. The first-order valence-electron chi connectivity index (χ1n) is 6.11. The van der Waals surface area contributed by atoms with Crippen molar-refractivity contribution < 1.29 is 9.84 Å². The third-order valence-corrected chi connectivity index (χ3v) is 3.41. The van der Waals surface area contributed by atoms with Crippen LogP contribution in [0.5, 0.6) is 5.75 Å². The van der Waals surface area contributed by atoms with Gasteiger partial charge in [-0.25, -0.2) is 0 Å². The molecule has 0 saturated carbocycles. The lowest BCUT2D eigenvalue weighted by Crippen LogP contribution is -2.06. The molecule has 0 aliphatic carbocycles. The minimum Gasteiger partial charge on any atom is -0.495 e. The Kier molecular flexibility index (Phi) is 4.12. The quantitative estimate of drug-likeness (QED) is 0.937. The summed E-state index contributed by atoms with van der Waals surface area (Å²) in [6.45, 7) is 2.03. The van der Waals surface area contributed by atoms with Crippen molar-refractivity contribution >= 4 is 11.6 Å². The summed E-state index contributed by atoms with van der Waals surface area (Å²) >= 11 is 5.98. The van der Waals surface area contributed by atoms with Gasteiger partial charge >= 0.3 is 0 Å². The summed E-state index contributed by atoms with van der Waals surface area (Å²) in [5, 5.41) is 15.3. The van der Waals surface area contributed by atoms with Gasteiger partial charge in [-0.3, -0.25) is 4.68 Å². The third kappa shape index (κ3) is 2.74. The van der Waals surface area contributed by atoms with Crippen LogP contribution < -0.4 is 4.74 Å². The van der Waals surface area contributed by atoms with Crippen LogP contribution in [0.15, 0.2) is 24.3 Å². The smallest absolute Gasteiger partial charge is 0.137 e. The topological polar surface area (TPSA) is 47.3 Å². The Hall–Kier alpha value is -1.52. The number of rotatable bonds is 4. The highest BCUT2D eigenvalue weighted by molar-refractivity contribution is 6.32. The van der Waals surface area contributed by atoms with E-state index in [0.717, 1.165) is 23.4 Å². The predicted octanol–water partition coefficient (Wildman–Crippen LogP) is 2.73. The second-order valence-corrected chi connectivity index (χ2v) is 4.74. The molecule has 0 fully saturated rings. The highest BCUT2D eigenvalue weighted by Crippen LogP contribution is 2.30. The molecule has 4 nitrogen and oxygen atoms in total. The van der Waals surface area contributed by atoms with Crippen molar-refractivity contribution in [3.05, 3.63) is 46.2 Å². The van der Waals surface area contributed by atoms with Gasteiger partial charge in [-0.1, -0.05) is 24.6 Å². The van der Waals surface area contributed by atoms with E-state index in [1.807, 2.05) is 20.0 Å². The number of aromatic nitrogens is 2. The molecule has 1 atom stereocenters. The molecular formula is C14H17ClN2O2. The summed E-state index contributed by atoms with van der Waals surface area (Å²) in [5.74, 6) is 0.552. The molecular weight excluding hydrogens is 264 g/mol. The zero-order valence-electron chi connectivity index (χ0n) is 11.2. The van der Waals surface area contributed by atoms with Crippen molar-refractivity contribution in [2.75, 3.05) is 7.11 Å². The van der Waals surface area contributed by atoms with Crippen LogP contribution in [0.1, 0.15) is 30.0 Å². The molecule has 0 aliphatic rings. The molecule has 0 saturated heterocycles. The van der Waals surface area contributed by atoms with Gasteiger partial charge in [0.15, 0.2) is 0 Å². The first-order chi connectivity index (χ1) is 9.06. The van der Waals surface area contributed by atoms with Gasteiger partial charge in [0.1, 0.15) is 11.9 Å². The number of aliphatic hydroxyl groups excluding tert-OH is 1. The zero-order chi connectivity index (χ0) is 14.0. The molecule has 0 amide bonds. The van der Waals surface area contributed by atoms with E-state index in [-0.39, 0.29) is 0 Å². The van der Waals surface area contributed by atoms with Gasteiger partial charge in [-0.15, -0.1) is 0 Å². The van der Waals surface area contributed by atoms with Crippen molar-refractivity contribution in [3.63, 3.8) is 0 Å². The lowest BCUT2D eigenvalue weighted by Gasteiger charge is -2.13. The molecule has 5 heteroatoms. The van der Waals surface area contributed by atoms with E-state index in [9.17, 15) is 5.11 Å². The second kappa shape index (κ2) is 5.63. The average molecular weight is 281 g/mol. The number of aryl methyl sites for hydroxylation is 2. The Morgan fingerprint density at radius 1 is 1.42 bits per heavy atom. The molecule has 1 heterocycles. The number of halogens is 1. The van der Waals surface area contributed by atoms with Crippen molar-refractivity contribution in [2.24, 2.45) is 7.05 Å². The Morgan fingerprint density at radius 3 is 2.74 bits per heavy atom. The SMILES string of the molecule is CCc1cc(C(O)c2ccc(Cl)c(OC)c2)n(C)n1. The van der Waals surface area contributed by atoms with E-state index >= 15 is 0 Å². The van der Waals surface area contributed by atoms with Crippen LogP contribution >= 0.6 is 11.6 Å². The lowest BCUT2D eigenvalue weighted by atomic mass is 10.1. The van der Waals surface area contributed by atoms with Crippen LogP contribution in [0.3, 0.4) is 0 Å². The maximum absolute atomic E-state index is 10.4. The van der Waals surface area contributed by atoms with E-state index in [1.54, 1.807) is 30.0 Å². The minimum absolute atomic E-state index is 0.526. The largest absolute Gasteiger partial charge is 0.495 e. The van der Waals surface area contributed by atoms with Crippen molar-refractivity contribution in [3.8, 4) is 5.75 Å². The first-order valence-corrected chi connectivity index (χ1v) is 6.49. The van der Waals surface area contributed by atoms with E-state index in [1.165, 1.54) is 0 Å². The summed E-state index contributed by atoms with van der Waals surface area (Å²) in [6, 6.07) is 7.15. The molecule has 1 unspecified atom stereocenters. The number of aliphatic hydroxyl groups is 1. The van der Waals surface area contributed by atoms with E-state index < -0.39 is 6.10 Å². The van der Waals surface area contributed by atoms with Gasteiger partial charge in [-0.05, 0) is 30.2 Å². The van der Waals surface area contributed by atoms with E-state index in [4.69, 9.17) is 16.3 Å². The van der Waals surface area contributed by atoms with Gasteiger partial charge < -0.3 is 9.84 Å². The van der Waals surface area contributed by atoms with Crippen LogP contribution in [-0.2, 0) is 13.5 Å². The van der Waals surface area contributed by atoms with Gasteiger partial charge in [0, 0.05) is 7.05 Å².